The van der Waals surface area contributed by atoms with Crippen LogP contribution >= 0.6 is 0 Å². The molecule has 0 unspecified atom stereocenters. The van der Waals surface area contributed by atoms with Crippen molar-refractivity contribution < 1.29 is 9.59 Å². The molecule has 27 heavy (non-hydrogen) atoms. The lowest BCUT2D eigenvalue weighted by molar-refractivity contribution is -0.133. The normalized spacial score (nSPS) is 14.9. The van der Waals surface area contributed by atoms with Gasteiger partial charge in [0.1, 0.15) is 0 Å². The van der Waals surface area contributed by atoms with Gasteiger partial charge in [-0.2, -0.15) is 0 Å². The maximum Gasteiger partial charge on any atom is 0.223 e. The lowest BCUT2D eigenvalue weighted by Gasteiger charge is -2.34. The van der Waals surface area contributed by atoms with E-state index in [1.807, 2.05) is 53.6 Å². The SMILES string of the molecule is CCc1ccc(C(=O)CCC(=O)N2CCN(Cc3ccccn3)CC2)cc1. The second-order valence-electron chi connectivity index (χ2n) is 6.95. The molecule has 0 spiro atoms. The molecule has 2 aromatic rings. The fourth-order valence-electron chi connectivity index (χ4n) is 3.33. The number of piperazine rings is 1. The van der Waals surface area contributed by atoms with Crippen molar-refractivity contribution in [2.75, 3.05) is 26.2 Å². The predicted octanol–water partition coefficient (Wildman–Crippen LogP) is 2.95. The Morgan fingerprint density at radius 2 is 1.70 bits per heavy atom. The van der Waals surface area contributed by atoms with Gasteiger partial charge in [-0.1, -0.05) is 37.3 Å². The summed E-state index contributed by atoms with van der Waals surface area (Å²) in [4.78, 5) is 33.3. The quantitative estimate of drug-likeness (QED) is 0.708. The summed E-state index contributed by atoms with van der Waals surface area (Å²) in [7, 11) is 0. The van der Waals surface area contributed by atoms with Crippen molar-refractivity contribution in [1.29, 1.82) is 0 Å². The first-order valence-corrected chi connectivity index (χ1v) is 9.68. The Balaban J connectivity index is 1.42. The molecule has 1 amide bonds. The maximum atomic E-state index is 12.4. The molecule has 0 bridgehead atoms. The van der Waals surface area contributed by atoms with Gasteiger partial charge in [0, 0.05) is 57.3 Å². The van der Waals surface area contributed by atoms with Crippen LogP contribution in [0.25, 0.3) is 0 Å². The van der Waals surface area contributed by atoms with E-state index in [2.05, 4.69) is 16.8 Å². The molecule has 2 heterocycles. The fraction of sp³-hybridized carbons (Fsp3) is 0.409. The van der Waals surface area contributed by atoms with E-state index >= 15 is 0 Å². The highest BCUT2D eigenvalue weighted by Crippen LogP contribution is 2.12. The second kappa shape index (κ2) is 9.42. The van der Waals surface area contributed by atoms with Gasteiger partial charge < -0.3 is 4.90 Å². The van der Waals surface area contributed by atoms with Crippen LogP contribution < -0.4 is 0 Å². The van der Waals surface area contributed by atoms with Gasteiger partial charge in [0.05, 0.1) is 5.69 Å². The molecule has 0 aliphatic carbocycles. The van der Waals surface area contributed by atoms with Crippen LogP contribution in [0.15, 0.2) is 48.7 Å². The number of carbonyl (C=O) groups is 2. The van der Waals surface area contributed by atoms with E-state index in [4.69, 9.17) is 0 Å². The first kappa shape index (κ1) is 19.2. The van der Waals surface area contributed by atoms with E-state index in [0.29, 0.717) is 18.7 Å². The van der Waals surface area contributed by atoms with E-state index in [0.717, 1.165) is 31.7 Å². The van der Waals surface area contributed by atoms with Gasteiger partial charge in [0.15, 0.2) is 5.78 Å². The Labute approximate surface area is 161 Å². The summed E-state index contributed by atoms with van der Waals surface area (Å²) >= 11 is 0. The molecule has 0 N–H and O–H groups in total. The van der Waals surface area contributed by atoms with E-state index in [1.54, 1.807) is 0 Å². The number of carbonyl (C=O) groups excluding carboxylic acids is 2. The Bertz CT molecular complexity index is 751. The van der Waals surface area contributed by atoms with Gasteiger partial charge >= 0.3 is 0 Å². The minimum Gasteiger partial charge on any atom is -0.340 e. The summed E-state index contributed by atoms with van der Waals surface area (Å²) in [5.74, 6) is 0.116. The van der Waals surface area contributed by atoms with Crippen molar-refractivity contribution in [1.82, 2.24) is 14.8 Å². The zero-order chi connectivity index (χ0) is 19.1. The van der Waals surface area contributed by atoms with Gasteiger partial charge in [-0.25, -0.2) is 0 Å². The van der Waals surface area contributed by atoms with Crippen LogP contribution in [0.4, 0.5) is 0 Å². The van der Waals surface area contributed by atoms with Crippen LogP contribution in [0.1, 0.15) is 41.4 Å². The number of aromatic nitrogens is 1. The molecule has 5 nitrogen and oxygen atoms in total. The number of Topliss-reactive ketones (excluding diaryl/α,β-unsaturated/α-hetero) is 1. The summed E-state index contributed by atoms with van der Waals surface area (Å²) < 4.78 is 0. The number of nitrogens with zero attached hydrogens (tertiary/aromatic N) is 3. The lowest BCUT2D eigenvalue weighted by atomic mass is 10.0. The Hall–Kier alpha value is -2.53. The minimum atomic E-state index is 0.0415. The molecular formula is C22H27N3O2. The molecule has 0 radical (unpaired) electrons. The summed E-state index contributed by atoms with van der Waals surface area (Å²) in [5.41, 5.74) is 2.96. The van der Waals surface area contributed by atoms with Gasteiger partial charge in [-0.15, -0.1) is 0 Å². The smallest absolute Gasteiger partial charge is 0.223 e. The highest BCUT2D eigenvalue weighted by molar-refractivity contribution is 5.98. The third-order valence-corrected chi connectivity index (χ3v) is 5.09. The van der Waals surface area contributed by atoms with Gasteiger partial charge in [0.2, 0.25) is 5.91 Å². The highest BCUT2D eigenvalue weighted by Gasteiger charge is 2.21. The molecule has 5 heteroatoms. The molecule has 1 fully saturated rings. The molecule has 3 rings (SSSR count). The van der Waals surface area contributed by atoms with Crippen molar-refractivity contribution >= 4 is 11.7 Å². The van der Waals surface area contributed by atoms with E-state index in [1.165, 1.54) is 5.56 Å². The number of ketones is 1. The number of hydrogen-bond donors (Lipinski definition) is 0. The molecule has 1 aliphatic rings. The van der Waals surface area contributed by atoms with Gasteiger partial charge in [0.25, 0.3) is 0 Å². The molecule has 0 saturated carbocycles. The number of rotatable bonds is 7. The molecule has 142 valence electrons. The summed E-state index contributed by atoms with van der Waals surface area (Å²) in [6, 6.07) is 13.6. The first-order chi connectivity index (χ1) is 13.2. The summed E-state index contributed by atoms with van der Waals surface area (Å²) in [6.45, 7) is 6.01. The van der Waals surface area contributed by atoms with Crippen LogP contribution in [0.2, 0.25) is 0 Å². The van der Waals surface area contributed by atoms with Crippen molar-refractivity contribution in [2.24, 2.45) is 0 Å². The number of benzene rings is 1. The first-order valence-electron chi connectivity index (χ1n) is 9.68. The van der Waals surface area contributed by atoms with E-state index in [9.17, 15) is 9.59 Å². The molecule has 1 aromatic heterocycles. The predicted molar refractivity (Wildman–Crippen MR) is 105 cm³/mol. The molecule has 1 aromatic carbocycles. The van der Waals surface area contributed by atoms with Crippen molar-refractivity contribution in [3.8, 4) is 0 Å². The van der Waals surface area contributed by atoms with Crippen LogP contribution in [0, 0.1) is 0 Å². The Morgan fingerprint density at radius 1 is 0.963 bits per heavy atom. The van der Waals surface area contributed by atoms with Crippen molar-refractivity contribution in [2.45, 2.75) is 32.7 Å². The average molecular weight is 365 g/mol. The number of hydrogen-bond acceptors (Lipinski definition) is 4. The molecule has 1 saturated heterocycles. The van der Waals surface area contributed by atoms with Crippen LogP contribution in [0.5, 0.6) is 0 Å². The number of pyridine rings is 1. The molecular weight excluding hydrogens is 338 g/mol. The monoisotopic (exact) mass is 365 g/mol. The Kier molecular flexibility index (Phi) is 6.71. The minimum absolute atomic E-state index is 0.0415. The molecule has 1 aliphatic heterocycles. The largest absolute Gasteiger partial charge is 0.340 e. The third-order valence-electron chi connectivity index (χ3n) is 5.09. The van der Waals surface area contributed by atoms with Crippen molar-refractivity contribution in [3.63, 3.8) is 0 Å². The molecule has 0 atom stereocenters. The van der Waals surface area contributed by atoms with E-state index in [-0.39, 0.29) is 24.5 Å². The number of aryl methyl sites for hydroxylation is 1. The standard InChI is InChI=1S/C22H27N3O2/c1-2-18-6-8-19(9-7-18)21(26)10-11-22(27)25-15-13-24(14-16-25)17-20-5-3-4-12-23-20/h3-9,12H,2,10-11,13-17H2,1H3. The second-order valence-corrected chi connectivity index (χ2v) is 6.95. The summed E-state index contributed by atoms with van der Waals surface area (Å²) in [5, 5.41) is 0. The highest BCUT2D eigenvalue weighted by atomic mass is 16.2. The summed E-state index contributed by atoms with van der Waals surface area (Å²) in [6.07, 6.45) is 3.33. The Morgan fingerprint density at radius 3 is 2.33 bits per heavy atom. The van der Waals surface area contributed by atoms with Gasteiger partial charge in [-0.05, 0) is 24.1 Å². The van der Waals surface area contributed by atoms with Crippen LogP contribution in [0.3, 0.4) is 0 Å². The van der Waals surface area contributed by atoms with E-state index < -0.39 is 0 Å². The van der Waals surface area contributed by atoms with Crippen LogP contribution in [-0.4, -0.2) is 52.7 Å². The maximum absolute atomic E-state index is 12.4. The number of amides is 1. The van der Waals surface area contributed by atoms with Gasteiger partial charge in [-0.3, -0.25) is 19.5 Å². The zero-order valence-corrected chi connectivity index (χ0v) is 15.9. The average Bonchev–Trinajstić information content (AvgIpc) is 2.73. The van der Waals surface area contributed by atoms with Crippen molar-refractivity contribution in [3.05, 3.63) is 65.5 Å². The lowest BCUT2D eigenvalue weighted by Crippen LogP contribution is -2.48. The van der Waals surface area contributed by atoms with Crippen LogP contribution in [-0.2, 0) is 17.8 Å². The third kappa shape index (κ3) is 5.47. The fourth-order valence-corrected chi connectivity index (χ4v) is 3.33. The zero-order valence-electron chi connectivity index (χ0n) is 15.9. The topological polar surface area (TPSA) is 53.5 Å².